The van der Waals surface area contributed by atoms with E-state index in [1.54, 1.807) is 10.9 Å². The number of halogens is 1. The van der Waals surface area contributed by atoms with Gasteiger partial charge in [0.2, 0.25) is 5.91 Å². The van der Waals surface area contributed by atoms with E-state index in [-0.39, 0.29) is 17.8 Å². The molecule has 0 radical (unpaired) electrons. The number of carbonyl (C=O) groups is 1. The second-order valence-corrected chi connectivity index (χ2v) is 7.59. The Balaban J connectivity index is 1.43. The standard InChI is InChI=1S/C20H25FN4O/c1-15-8-9-22-25(15)14-20(26)24-12-17-4-7-19(24)13-23(11-17)10-16-2-5-18(21)6-3-16/h2-3,5-6,8-9,17,19H,4,7,10-14H2,1H3/t17-,19+/m1/s1. The smallest absolute Gasteiger partial charge is 0.244 e. The number of piperidine rings is 1. The van der Waals surface area contributed by atoms with Crippen LogP contribution in [0.1, 0.15) is 24.1 Å². The molecule has 2 atom stereocenters. The van der Waals surface area contributed by atoms with Crippen LogP contribution in [0.15, 0.2) is 36.5 Å². The van der Waals surface area contributed by atoms with E-state index in [2.05, 4.69) is 14.9 Å². The molecule has 3 fully saturated rings. The van der Waals surface area contributed by atoms with Crippen molar-refractivity contribution in [2.45, 2.75) is 38.9 Å². The van der Waals surface area contributed by atoms with E-state index < -0.39 is 0 Å². The SMILES string of the molecule is Cc1ccnn1CC(=O)N1C[C@@H]2CC[C@H]1CN(Cc1ccc(F)cc1)C2. The van der Waals surface area contributed by atoms with E-state index in [1.807, 2.05) is 25.1 Å². The summed E-state index contributed by atoms with van der Waals surface area (Å²) >= 11 is 0. The monoisotopic (exact) mass is 356 g/mol. The molecule has 26 heavy (non-hydrogen) atoms. The Bertz CT molecular complexity index is 772. The summed E-state index contributed by atoms with van der Waals surface area (Å²) in [4.78, 5) is 17.4. The van der Waals surface area contributed by atoms with Gasteiger partial charge in [-0.25, -0.2) is 4.39 Å². The predicted octanol–water partition coefficient (Wildman–Crippen LogP) is 2.45. The summed E-state index contributed by atoms with van der Waals surface area (Å²) in [5.74, 6) is 0.474. The Kier molecular flexibility index (Phi) is 4.76. The van der Waals surface area contributed by atoms with Gasteiger partial charge in [0.05, 0.1) is 0 Å². The Hall–Kier alpha value is -2.21. The van der Waals surface area contributed by atoms with Gasteiger partial charge in [-0.15, -0.1) is 0 Å². The quantitative estimate of drug-likeness (QED) is 0.845. The van der Waals surface area contributed by atoms with E-state index in [9.17, 15) is 9.18 Å². The fraction of sp³-hybridized carbons (Fsp3) is 0.500. The van der Waals surface area contributed by atoms with E-state index in [0.29, 0.717) is 12.5 Å². The van der Waals surface area contributed by atoms with Crippen LogP contribution in [0.5, 0.6) is 0 Å². The van der Waals surface area contributed by atoms with E-state index in [1.165, 1.54) is 18.6 Å². The summed E-state index contributed by atoms with van der Waals surface area (Å²) in [6.45, 7) is 5.83. The molecule has 3 aliphatic rings. The first-order chi connectivity index (χ1) is 12.6. The number of benzene rings is 1. The minimum Gasteiger partial charge on any atom is -0.336 e. The topological polar surface area (TPSA) is 41.4 Å². The number of fused-ring (bicyclic) bond motifs is 4. The van der Waals surface area contributed by atoms with Crippen LogP contribution < -0.4 is 0 Å². The Morgan fingerprint density at radius 1 is 1.15 bits per heavy atom. The first kappa shape index (κ1) is 17.2. The molecule has 6 heteroatoms. The fourth-order valence-electron chi connectivity index (χ4n) is 4.24. The average molecular weight is 356 g/mol. The molecular weight excluding hydrogens is 331 g/mol. The van der Waals surface area contributed by atoms with Gasteiger partial charge in [-0.3, -0.25) is 14.4 Å². The molecular formula is C20H25FN4O. The van der Waals surface area contributed by atoms with Crippen molar-refractivity contribution < 1.29 is 9.18 Å². The van der Waals surface area contributed by atoms with Crippen molar-refractivity contribution in [2.24, 2.45) is 5.92 Å². The van der Waals surface area contributed by atoms with Crippen molar-refractivity contribution in [1.82, 2.24) is 19.6 Å². The van der Waals surface area contributed by atoms with Crippen LogP contribution in [0.25, 0.3) is 0 Å². The molecule has 5 nitrogen and oxygen atoms in total. The highest BCUT2D eigenvalue weighted by atomic mass is 19.1. The molecule has 0 saturated carbocycles. The third kappa shape index (κ3) is 3.65. The maximum absolute atomic E-state index is 13.1. The second-order valence-electron chi connectivity index (χ2n) is 7.59. The number of aryl methyl sites for hydroxylation is 1. The van der Waals surface area contributed by atoms with Gasteiger partial charge < -0.3 is 4.90 Å². The summed E-state index contributed by atoms with van der Waals surface area (Å²) in [5.41, 5.74) is 2.13. The van der Waals surface area contributed by atoms with Gasteiger partial charge in [0.25, 0.3) is 0 Å². The summed E-state index contributed by atoms with van der Waals surface area (Å²) in [5, 5.41) is 4.24. The predicted molar refractivity (Wildman–Crippen MR) is 96.9 cm³/mol. The summed E-state index contributed by atoms with van der Waals surface area (Å²) in [7, 11) is 0. The number of aromatic nitrogens is 2. The highest BCUT2D eigenvalue weighted by molar-refractivity contribution is 5.76. The van der Waals surface area contributed by atoms with Gasteiger partial charge in [-0.05, 0) is 49.4 Å². The number of amides is 1. The van der Waals surface area contributed by atoms with Gasteiger partial charge >= 0.3 is 0 Å². The first-order valence-electron chi connectivity index (χ1n) is 9.33. The average Bonchev–Trinajstić information content (AvgIpc) is 2.84. The van der Waals surface area contributed by atoms with E-state index in [0.717, 1.165) is 43.9 Å². The molecule has 3 saturated heterocycles. The molecule has 0 aliphatic carbocycles. The van der Waals surface area contributed by atoms with Crippen LogP contribution >= 0.6 is 0 Å². The zero-order valence-corrected chi connectivity index (χ0v) is 15.1. The summed E-state index contributed by atoms with van der Waals surface area (Å²) in [6.07, 6.45) is 3.98. The Morgan fingerprint density at radius 2 is 1.96 bits per heavy atom. The molecule has 3 aliphatic heterocycles. The van der Waals surface area contributed by atoms with Crippen molar-refractivity contribution in [2.75, 3.05) is 19.6 Å². The highest BCUT2D eigenvalue weighted by Crippen LogP contribution is 2.29. The van der Waals surface area contributed by atoms with Gasteiger partial charge in [0.1, 0.15) is 12.4 Å². The minimum atomic E-state index is -0.199. The lowest BCUT2D eigenvalue weighted by molar-refractivity contribution is -0.136. The molecule has 0 spiro atoms. The van der Waals surface area contributed by atoms with Gasteiger partial charge in [-0.1, -0.05) is 12.1 Å². The van der Waals surface area contributed by atoms with Crippen LogP contribution in [-0.4, -0.2) is 51.2 Å². The zero-order valence-electron chi connectivity index (χ0n) is 15.1. The Labute approximate surface area is 153 Å². The van der Waals surface area contributed by atoms with Gasteiger partial charge in [0, 0.05) is 44.1 Å². The summed E-state index contributed by atoms with van der Waals surface area (Å²) < 4.78 is 14.9. The molecule has 0 N–H and O–H groups in total. The molecule has 2 aromatic rings. The number of hydrogen-bond acceptors (Lipinski definition) is 3. The fourth-order valence-corrected chi connectivity index (χ4v) is 4.24. The van der Waals surface area contributed by atoms with Gasteiger partial charge in [0.15, 0.2) is 0 Å². The highest BCUT2D eigenvalue weighted by Gasteiger charge is 2.37. The minimum absolute atomic E-state index is 0.162. The van der Waals surface area contributed by atoms with Gasteiger partial charge in [-0.2, -0.15) is 5.10 Å². The lowest BCUT2D eigenvalue weighted by Crippen LogP contribution is -2.48. The lowest BCUT2D eigenvalue weighted by atomic mass is 9.95. The molecule has 5 rings (SSSR count). The normalized spacial score (nSPS) is 23.2. The van der Waals surface area contributed by atoms with Crippen molar-refractivity contribution in [3.05, 3.63) is 53.6 Å². The Morgan fingerprint density at radius 3 is 2.69 bits per heavy atom. The molecule has 138 valence electrons. The molecule has 1 amide bonds. The lowest BCUT2D eigenvalue weighted by Gasteiger charge is -2.36. The van der Waals surface area contributed by atoms with Crippen LogP contribution in [0.3, 0.4) is 0 Å². The maximum atomic E-state index is 13.1. The van der Waals surface area contributed by atoms with Crippen LogP contribution in [-0.2, 0) is 17.9 Å². The van der Waals surface area contributed by atoms with Crippen molar-refractivity contribution in [1.29, 1.82) is 0 Å². The second kappa shape index (κ2) is 7.19. The molecule has 4 heterocycles. The maximum Gasteiger partial charge on any atom is 0.244 e. The van der Waals surface area contributed by atoms with Crippen LogP contribution in [0.4, 0.5) is 4.39 Å². The largest absolute Gasteiger partial charge is 0.336 e. The number of rotatable bonds is 4. The van der Waals surface area contributed by atoms with Crippen molar-refractivity contribution in [3.63, 3.8) is 0 Å². The molecule has 0 unspecified atom stereocenters. The first-order valence-corrected chi connectivity index (χ1v) is 9.33. The number of carbonyl (C=O) groups excluding carboxylic acids is 1. The van der Waals surface area contributed by atoms with Crippen LogP contribution in [0.2, 0.25) is 0 Å². The van der Waals surface area contributed by atoms with Crippen LogP contribution in [0, 0.1) is 18.7 Å². The third-order valence-corrected chi connectivity index (χ3v) is 5.64. The number of hydrogen-bond donors (Lipinski definition) is 0. The van der Waals surface area contributed by atoms with Crippen molar-refractivity contribution in [3.8, 4) is 0 Å². The molecule has 1 aromatic heterocycles. The molecule has 2 bridgehead atoms. The zero-order chi connectivity index (χ0) is 18.1. The molecule has 1 aromatic carbocycles. The van der Waals surface area contributed by atoms with Crippen molar-refractivity contribution >= 4 is 5.91 Å². The third-order valence-electron chi connectivity index (χ3n) is 5.64. The summed E-state index contributed by atoms with van der Waals surface area (Å²) in [6, 6.07) is 8.93. The number of nitrogens with zero attached hydrogens (tertiary/aromatic N) is 4. The van der Waals surface area contributed by atoms with E-state index in [4.69, 9.17) is 0 Å². The van der Waals surface area contributed by atoms with E-state index >= 15 is 0 Å².